The molecule has 0 spiro atoms. The smallest absolute Gasteiger partial charge is 0.341 e. The number of benzene rings is 1. The number of hydrogen-bond donors (Lipinski definition) is 0. The quantitative estimate of drug-likeness (QED) is 0.446. The number of nitro groups is 1. The fourth-order valence-electron chi connectivity index (χ4n) is 0.976. The molecule has 1 rings (SSSR count). The van der Waals surface area contributed by atoms with Crippen LogP contribution in [0.15, 0.2) is 12.1 Å². The van der Waals surface area contributed by atoms with Crippen LogP contribution in [0.2, 0.25) is 5.02 Å². The zero-order chi connectivity index (χ0) is 11.6. The highest BCUT2D eigenvalue weighted by Crippen LogP contribution is 2.29. The van der Waals surface area contributed by atoms with E-state index in [0.717, 1.165) is 19.2 Å². The summed E-state index contributed by atoms with van der Waals surface area (Å²) in [6, 6.07) is 2.09. The predicted molar refractivity (Wildman–Crippen MR) is 49.4 cm³/mol. The van der Waals surface area contributed by atoms with Crippen molar-refractivity contribution in [2.24, 2.45) is 0 Å². The zero-order valence-corrected chi connectivity index (χ0v) is 8.25. The third-order valence-corrected chi connectivity index (χ3v) is 1.96. The normalized spacial score (nSPS) is 9.80. The number of methoxy groups -OCH3 is 1. The molecule has 0 aliphatic heterocycles. The average Bonchev–Trinajstić information content (AvgIpc) is 2.16. The van der Waals surface area contributed by atoms with E-state index >= 15 is 0 Å². The van der Waals surface area contributed by atoms with Gasteiger partial charge < -0.3 is 4.74 Å². The molecular weight excluding hydrogens is 229 g/mol. The number of esters is 1. The van der Waals surface area contributed by atoms with Gasteiger partial charge in [-0.05, 0) is 12.1 Å². The molecule has 7 heteroatoms. The Morgan fingerprint density at radius 3 is 2.67 bits per heavy atom. The number of rotatable bonds is 2. The molecule has 0 amide bonds. The number of hydrogen-bond acceptors (Lipinski definition) is 4. The second kappa shape index (κ2) is 4.22. The molecule has 0 fully saturated rings. The number of nitrogens with zero attached hydrogens (tertiary/aromatic N) is 1. The van der Waals surface area contributed by atoms with Crippen LogP contribution in [0.4, 0.5) is 10.1 Å². The average molecular weight is 234 g/mol. The predicted octanol–water partition coefficient (Wildman–Crippen LogP) is 2.17. The van der Waals surface area contributed by atoms with Gasteiger partial charge in [0.1, 0.15) is 10.6 Å². The Kier molecular flexibility index (Phi) is 3.21. The van der Waals surface area contributed by atoms with Gasteiger partial charge in [-0.25, -0.2) is 4.79 Å². The van der Waals surface area contributed by atoms with Gasteiger partial charge in [0.15, 0.2) is 0 Å². The Balaban J connectivity index is 3.41. The minimum Gasteiger partial charge on any atom is -0.465 e. The number of ether oxygens (including phenoxy) is 1. The molecule has 0 radical (unpaired) electrons. The molecule has 0 atom stereocenters. The van der Waals surface area contributed by atoms with E-state index < -0.39 is 28.0 Å². The fraction of sp³-hybridized carbons (Fsp3) is 0.125. The molecule has 0 N–H and O–H groups in total. The summed E-state index contributed by atoms with van der Waals surface area (Å²) in [4.78, 5) is 20.4. The third kappa shape index (κ3) is 2.04. The molecule has 1 aromatic rings. The monoisotopic (exact) mass is 233 g/mol. The van der Waals surface area contributed by atoms with Gasteiger partial charge in [-0.2, -0.15) is 4.39 Å². The van der Waals surface area contributed by atoms with Crippen molar-refractivity contribution < 1.29 is 18.8 Å². The Morgan fingerprint density at radius 1 is 1.60 bits per heavy atom. The lowest BCUT2D eigenvalue weighted by Crippen LogP contribution is -2.06. The maximum absolute atomic E-state index is 13.4. The van der Waals surface area contributed by atoms with Crippen LogP contribution in [0.25, 0.3) is 0 Å². The first-order chi connectivity index (χ1) is 6.99. The van der Waals surface area contributed by atoms with E-state index in [1.165, 1.54) is 0 Å². The van der Waals surface area contributed by atoms with E-state index in [1.807, 2.05) is 0 Å². The van der Waals surface area contributed by atoms with Gasteiger partial charge in [0.05, 0.1) is 12.0 Å². The topological polar surface area (TPSA) is 69.4 Å². The van der Waals surface area contributed by atoms with Crippen LogP contribution < -0.4 is 0 Å². The van der Waals surface area contributed by atoms with E-state index in [-0.39, 0.29) is 5.02 Å². The van der Waals surface area contributed by atoms with Crippen LogP contribution in [0.5, 0.6) is 0 Å². The van der Waals surface area contributed by atoms with Crippen LogP contribution in [0, 0.1) is 15.9 Å². The van der Waals surface area contributed by atoms with Crippen molar-refractivity contribution in [2.75, 3.05) is 7.11 Å². The lowest BCUT2D eigenvalue weighted by atomic mass is 10.2. The Hall–Kier alpha value is -1.69. The molecular formula is C8H5ClFNO4. The second-order valence-electron chi connectivity index (χ2n) is 2.51. The van der Waals surface area contributed by atoms with E-state index in [1.54, 1.807) is 0 Å². The van der Waals surface area contributed by atoms with E-state index in [2.05, 4.69) is 4.74 Å². The van der Waals surface area contributed by atoms with Crippen molar-refractivity contribution in [1.29, 1.82) is 0 Å². The van der Waals surface area contributed by atoms with Crippen molar-refractivity contribution in [3.8, 4) is 0 Å². The number of halogens is 2. The minimum atomic E-state index is -1.29. The zero-order valence-electron chi connectivity index (χ0n) is 7.49. The summed E-state index contributed by atoms with van der Waals surface area (Å²) in [6.45, 7) is 0. The molecule has 0 saturated carbocycles. The number of carbonyl (C=O) groups excluding carboxylic acids is 1. The highest BCUT2D eigenvalue weighted by molar-refractivity contribution is 6.32. The Bertz CT molecular complexity index is 435. The molecule has 1 aromatic carbocycles. The van der Waals surface area contributed by atoms with Gasteiger partial charge in [-0.15, -0.1) is 0 Å². The van der Waals surface area contributed by atoms with Crippen LogP contribution in [0.3, 0.4) is 0 Å². The molecule has 15 heavy (non-hydrogen) atoms. The molecule has 0 aliphatic rings. The molecule has 80 valence electrons. The van der Waals surface area contributed by atoms with Crippen molar-refractivity contribution in [2.45, 2.75) is 0 Å². The first-order valence-corrected chi connectivity index (χ1v) is 4.07. The van der Waals surface area contributed by atoms with Gasteiger partial charge in [0.25, 0.3) is 0 Å². The first-order valence-electron chi connectivity index (χ1n) is 3.69. The highest BCUT2D eigenvalue weighted by Gasteiger charge is 2.26. The summed E-state index contributed by atoms with van der Waals surface area (Å²) in [5, 5.41) is 10.1. The first kappa shape index (κ1) is 11.4. The summed E-state index contributed by atoms with van der Waals surface area (Å²) < 4.78 is 17.6. The van der Waals surface area contributed by atoms with Crippen LogP contribution in [0.1, 0.15) is 10.4 Å². The lowest BCUT2D eigenvalue weighted by Gasteiger charge is -2.02. The van der Waals surface area contributed by atoms with Gasteiger partial charge in [-0.3, -0.25) is 10.1 Å². The SMILES string of the molecule is COC(=O)c1ccc(Cl)c([N+](=O)[O-])c1F. The minimum absolute atomic E-state index is 0.370. The Labute approximate surface area is 88.6 Å². The molecule has 0 heterocycles. The molecule has 0 aliphatic carbocycles. The van der Waals surface area contributed by atoms with Gasteiger partial charge in [-0.1, -0.05) is 11.6 Å². The van der Waals surface area contributed by atoms with Gasteiger partial charge in [0, 0.05) is 0 Å². The van der Waals surface area contributed by atoms with Gasteiger partial charge in [0.2, 0.25) is 5.82 Å². The van der Waals surface area contributed by atoms with Crippen molar-refractivity contribution in [1.82, 2.24) is 0 Å². The largest absolute Gasteiger partial charge is 0.465 e. The maximum atomic E-state index is 13.4. The maximum Gasteiger partial charge on any atom is 0.341 e. The summed E-state index contributed by atoms with van der Waals surface area (Å²) in [5.74, 6) is -2.29. The molecule has 0 bridgehead atoms. The molecule has 0 unspecified atom stereocenters. The van der Waals surface area contributed by atoms with Crippen molar-refractivity contribution in [3.63, 3.8) is 0 Å². The highest BCUT2D eigenvalue weighted by atomic mass is 35.5. The number of nitro benzene ring substituents is 1. The van der Waals surface area contributed by atoms with Crippen molar-refractivity contribution in [3.05, 3.63) is 38.7 Å². The number of carbonyl (C=O) groups is 1. The van der Waals surface area contributed by atoms with Gasteiger partial charge >= 0.3 is 11.7 Å². The third-order valence-electron chi connectivity index (χ3n) is 1.65. The van der Waals surface area contributed by atoms with E-state index in [0.29, 0.717) is 0 Å². The Morgan fingerprint density at radius 2 is 2.20 bits per heavy atom. The fourth-order valence-corrected chi connectivity index (χ4v) is 1.19. The van der Waals surface area contributed by atoms with E-state index in [9.17, 15) is 19.3 Å². The summed E-state index contributed by atoms with van der Waals surface area (Å²) in [6.07, 6.45) is 0. The summed E-state index contributed by atoms with van der Waals surface area (Å²) in [7, 11) is 1.04. The van der Waals surface area contributed by atoms with Crippen LogP contribution >= 0.6 is 11.6 Å². The van der Waals surface area contributed by atoms with Crippen LogP contribution in [-0.2, 0) is 4.74 Å². The summed E-state index contributed by atoms with van der Waals surface area (Å²) in [5.41, 5.74) is -1.45. The standard InChI is InChI=1S/C8H5ClFNO4/c1-15-8(12)4-2-3-5(9)7(6(4)10)11(13)14/h2-3H,1H3. The summed E-state index contributed by atoms with van der Waals surface area (Å²) >= 11 is 5.41. The molecule has 0 saturated heterocycles. The molecule has 5 nitrogen and oxygen atoms in total. The lowest BCUT2D eigenvalue weighted by molar-refractivity contribution is -0.387. The van der Waals surface area contributed by atoms with E-state index in [4.69, 9.17) is 11.6 Å². The molecule has 0 aromatic heterocycles. The van der Waals surface area contributed by atoms with Crippen molar-refractivity contribution >= 4 is 23.3 Å². The van der Waals surface area contributed by atoms with Crippen LogP contribution in [-0.4, -0.2) is 18.0 Å². The second-order valence-corrected chi connectivity index (χ2v) is 2.91.